The number of aromatic nitrogens is 1. The second-order valence-corrected chi connectivity index (χ2v) is 3.19. The van der Waals surface area contributed by atoms with Gasteiger partial charge in [0.25, 0.3) is 0 Å². The molecule has 0 spiro atoms. The number of hydrogen-bond acceptors (Lipinski definition) is 2. The summed E-state index contributed by atoms with van der Waals surface area (Å²) in [6.07, 6.45) is 1.58. The highest BCUT2D eigenvalue weighted by Gasteiger charge is 2.11. The summed E-state index contributed by atoms with van der Waals surface area (Å²) in [6, 6.07) is 6.78. The summed E-state index contributed by atoms with van der Waals surface area (Å²) in [5.74, 6) is -1.04. The number of rotatable bonds is 1. The molecule has 0 atom stereocenters. The van der Waals surface area contributed by atoms with Crippen LogP contribution in [-0.2, 0) is 0 Å². The number of pyridine rings is 1. The predicted molar refractivity (Wildman–Crippen MR) is 61.0 cm³/mol. The van der Waals surface area contributed by atoms with Crippen LogP contribution in [-0.4, -0.2) is 16.1 Å². The third-order valence-corrected chi connectivity index (χ3v) is 2.33. The largest absolute Gasteiger partial charge is 0.478 e. The number of aromatic carboxylic acids is 1. The summed E-state index contributed by atoms with van der Waals surface area (Å²) >= 11 is 5.89. The van der Waals surface area contributed by atoms with Crippen LogP contribution in [0.2, 0.25) is 5.02 Å². The normalized spacial score (nSPS) is 9.67. The first-order chi connectivity index (χ1) is 6.70. The second kappa shape index (κ2) is 4.47. The SMILES string of the molecule is Cl.O=C(O)c1ccc2cccnc2c1Cl. The van der Waals surface area contributed by atoms with Gasteiger partial charge in [-0.05, 0) is 12.1 Å². The second-order valence-electron chi connectivity index (χ2n) is 2.81. The van der Waals surface area contributed by atoms with Crippen LogP contribution in [0.25, 0.3) is 10.9 Å². The molecule has 0 saturated carbocycles. The Morgan fingerprint density at radius 2 is 2.07 bits per heavy atom. The lowest BCUT2D eigenvalue weighted by Gasteiger charge is -2.02. The molecule has 1 aromatic carbocycles. The Bertz CT molecular complexity index is 514. The average Bonchev–Trinajstić information content (AvgIpc) is 2.18. The van der Waals surface area contributed by atoms with E-state index in [1.165, 1.54) is 6.07 Å². The molecule has 0 bridgehead atoms. The molecule has 0 saturated heterocycles. The van der Waals surface area contributed by atoms with Gasteiger partial charge in [-0.3, -0.25) is 4.98 Å². The van der Waals surface area contributed by atoms with E-state index in [1.54, 1.807) is 18.3 Å². The van der Waals surface area contributed by atoms with E-state index in [0.717, 1.165) is 5.39 Å². The first-order valence-electron chi connectivity index (χ1n) is 3.96. The maximum absolute atomic E-state index is 10.8. The zero-order valence-electron chi connectivity index (χ0n) is 7.48. The third kappa shape index (κ3) is 2.03. The Balaban J connectivity index is 0.00000112. The molecular weight excluding hydrogens is 237 g/mol. The van der Waals surface area contributed by atoms with E-state index >= 15 is 0 Å². The van der Waals surface area contributed by atoms with Crippen LogP contribution in [0, 0.1) is 0 Å². The van der Waals surface area contributed by atoms with E-state index in [2.05, 4.69) is 4.98 Å². The van der Waals surface area contributed by atoms with Gasteiger partial charge in [-0.1, -0.05) is 23.7 Å². The van der Waals surface area contributed by atoms with E-state index in [4.69, 9.17) is 16.7 Å². The molecule has 78 valence electrons. The number of benzene rings is 1. The summed E-state index contributed by atoms with van der Waals surface area (Å²) in [6.45, 7) is 0. The summed E-state index contributed by atoms with van der Waals surface area (Å²) in [7, 11) is 0. The molecule has 2 aromatic rings. The van der Waals surface area contributed by atoms with E-state index in [0.29, 0.717) is 5.52 Å². The molecule has 0 unspecified atom stereocenters. The predicted octanol–water partition coefficient (Wildman–Crippen LogP) is 3.01. The van der Waals surface area contributed by atoms with E-state index in [1.807, 2.05) is 6.07 Å². The molecule has 15 heavy (non-hydrogen) atoms. The minimum Gasteiger partial charge on any atom is -0.478 e. The van der Waals surface area contributed by atoms with Gasteiger partial charge in [0.05, 0.1) is 16.1 Å². The molecule has 1 aromatic heterocycles. The van der Waals surface area contributed by atoms with Crippen molar-refractivity contribution in [2.45, 2.75) is 0 Å². The van der Waals surface area contributed by atoms with Crippen molar-refractivity contribution in [1.29, 1.82) is 0 Å². The topological polar surface area (TPSA) is 50.2 Å². The van der Waals surface area contributed by atoms with Crippen LogP contribution in [0.15, 0.2) is 30.5 Å². The Labute approximate surface area is 97.1 Å². The zero-order valence-corrected chi connectivity index (χ0v) is 9.05. The number of carbonyl (C=O) groups is 1. The molecule has 0 aliphatic heterocycles. The van der Waals surface area contributed by atoms with Crippen molar-refractivity contribution in [3.63, 3.8) is 0 Å². The fourth-order valence-corrected chi connectivity index (χ4v) is 1.58. The lowest BCUT2D eigenvalue weighted by Crippen LogP contribution is -1.97. The Morgan fingerprint density at radius 1 is 1.33 bits per heavy atom. The van der Waals surface area contributed by atoms with Crippen LogP contribution < -0.4 is 0 Å². The van der Waals surface area contributed by atoms with Crippen molar-refractivity contribution in [3.05, 3.63) is 41.0 Å². The van der Waals surface area contributed by atoms with Crippen molar-refractivity contribution in [3.8, 4) is 0 Å². The van der Waals surface area contributed by atoms with Gasteiger partial charge in [0.15, 0.2) is 0 Å². The lowest BCUT2D eigenvalue weighted by atomic mass is 10.1. The Hall–Kier alpha value is -1.32. The van der Waals surface area contributed by atoms with Crippen molar-refractivity contribution >= 4 is 40.9 Å². The van der Waals surface area contributed by atoms with E-state index in [9.17, 15) is 4.79 Å². The number of halogens is 2. The molecule has 0 fully saturated rings. The summed E-state index contributed by atoms with van der Waals surface area (Å²) in [5, 5.41) is 9.84. The Kier molecular flexibility index (Phi) is 3.50. The van der Waals surface area contributed by atoms with Gasteiger partial charge in [0.2, 0.25) is 0 Å². The fourth-order valence-electron chi connectivity index (χ4n) is 1.27. The first-order valence-corrected chi connectivity index (χ1v) is 4.34. The summed E-state index contributed by atoms with van der Waals surface area (Å²) in [4.78, 5) is 14.8. The highest BCUT2D eigenvalue weighted by atomic mass is 35.5. The van der Waals surface area contributed by atoms with Gasteiger partial charge in [0.1, 0.15) is 0 Å². The number of hydrogen-bond donors (Lipinski definition) is 1. The molecule has 1 N–H and O–H groups in total. The van der Waals surface area contributed by atoms with Crippen molar-refractivity contribution in [1.82, 2.24) is 4.98 Å². The lowest BCUT2D eigenvalue weighted by molar-refractivity contribution is 0.0697. The average molecular weight is 244 g/mol. The molecule has 1 heterocycles. The maximum atomic E-state index is 10.8. The molecule has 0 aliphatic carbocycles. The van der Waals surface area contributed by atoms with Gasteiger partial charge in [-0.2, -0.15) is 0 Å². The highest BCUT2D eigenvalue weighted by molar-refractivity contribution is 6.37. The van der Waals surface area contributed by atoms with Crippen LogP contribution in [0.1, 0.15) is 10.4 Å². The maximum Gasteiger partial charge on any atom is 0.337 e. The molecule has 0 amide bonds. The van der Waals surface area contributed by atoms with Gasteiger partial charge in [0, 0.05) is 11.6 Å². The van der Waals surface area contributed by atoms with Crippen LogP contribution in [0.4, 0.5) is 0 Å². The minimum atomic E-state index is -1.04. The molecular formula is C10H7Cl2NO2. The molecule has 0 radical (unpaired) electrons. The molecule has 3 nitrogen and oxygen atoms in total. The van der Waals surface area contributed by atoms with Gasteiger partial charge < -0.3 is 5.11 Å². The van der Waals surface area contributed by atoms with Crippen LogP contribution in [0.3, 0.4) is 0 Å². The number of fused-ring (bicyclic) bond motifs is 1. The first kappa shape index (κ1) is 11.8. The van der Waals surface area contributed by atoms with Gasteiger partial charge in [-0.25, -0.2) is 4.79 Å². The summed E-state index contributed by atoms with van der Waals surface area (Å²) in [5.41, 5.74) is 0.604. The van der Waals surface area contributed by atoms with Crippen LogP contribution in [0.5, 0.6) is 0 Å². The van der Waals surface area contributed by atoms with Crippen molar-refractivity contribution < 1.29 is 9.90 Å². The monoisotopic (exact) mass is 243 g/mol. The van der Waals surface area contributed by atoms with Crippen molar-refractivity contribution in [2.24, 2.45) is 0 Å². The molecule has 2 rings (SSSR count). The van der Waals surface area contributed by atoms with Gasteiger partial charge in [-0.15, -0.1) is 12.4 Å². The van der Waals surface area contributed by atoms with E-state index < -0.39 is 5.97 Å². The van der Waals surface area contributed by atoms with Crippen LogP contribution >= 0.6 is 24.0 Å². The summed E-state index contributed by atoms with van der Waals surface area (Å²) < 4.78 is 0. The standard InChI is InChI=1S/C10H6ClNO2.ClH/c11-8-7(10(13)14)4-3-6-2-1-5-12-9(6)8;/h1-5H,(H,13,14);1H. The highest BCUT2D eigenvalue weighted by Crippen LogP contribution is 2.25. The quantitative estimate of drug-likeness (QED) is 0.838. The molecule has 0 aliphatic rings. The zero-order chi connectivity index (χ0) is 10.1. The smallest absolute Gasteiger partial charge is 0.337 e. The number of carboxylic acid groups (broad SMARTS) is 1. The third-order valence-electron chi connectivity index (χ3n) is 1.94. The van der Waals surface area contributed by atoms with Gasteiger partial charge >= 0.3 is 5.97 Å². The minimum absolute atomic E-state index is 0. The molecule has 5 heteroatoms. The number of nitrogens with zero attached hydrogens (tertiary/aromatic N) is 1. The fraction of sp³-hybridized carbons (Fsp3) is 0. The van der Waals surface area contributed by atoms with Crippen molar-refractivity contribution in [2.75, 3.05) is 0 Å². The van der Waals surface area contributed by atoms with E-state index in [-0.39, 0.29) is 23.0 Å². The Morgan fingerprint density at radius 3 is 2.73 bits per heavy atom. The number of carboxylic acids is 1.